The van der Waals surface area contributed by atoms with E-state index in [1.807, 2.05) is 19.2 Å². The summed E-state index contributed by atoms with van der Waals surface area (Å²) in [6, 6.07) is 10.4. The molecule has 3 rings (SSSR count). The first-order chi connectivity index (χ1) is 10.3. The van der Waals surface area contributed by atoms with E-state index >= 15 is 0 Å². The number of nitrogens with one attached hydrogen (secondary N) is 2. The Kier molecular flexibility index (Phi) is 4.12. The van der Waals surface area contributed by atoms with Crippen LogP contribution in [0.3, 0.4) is 0 Å². The van der Waals surface area contributed by atoms with Crippen molar-refractivity contribution in [3.8, 4) is 5.75 Å². The number of hydrogen-bond donors (Lipinski definition) is 2. The highest BCUT2D eigenvalue weighted by molar-refractivity contribution is 9.10. The van der Waals surface area contributed by atoms with Crippen molar-refractivity contribution in [3.05, 3.63) is 46.2 Å². The molecule has 0 spiro atoms. The van der Waals surface area contributed by atoms with Crippen LogP contribution in [0, 0.1) is 0 Å². The molecule has 3 aromatic rings. The van der Waals surface area contributed by atoms with Gasteiger partial charge in [0, 0.05) is 6.54 Å². The Balaban J connectivity index is 1.87. The summed E-state index contributed by atoms with van der Waals surface area (Å²) < 4.78 is 6.67. The van der Waals surface area contributed by atoms with E-state index < -0.39 is 0 Å². The SMILES string of the molecule is CNCc1ccc2c(Br)c(OCc3nnn[nH]3)ccc2c1. The molecule has 0 aliphatic carbocycles. The quantitative estimate of drug-likeness (QED) is 0.741. The molecule has 0 saturated heterocycles. The van der Waals surface area contributed by atoms with Crippen LogP contribution in [0.15, 0.2) is 34.8 Å². The van der Waals surface area contributed by atoms with E-state index in [0.29, 0.717) is 12.4 Å². The number of fused-ring (bicyclic) bond motifs is 1. The number of ether oxygens (including phenoxy) is 1. The van der Waals surface area contributed by atoms with E-state index in [0.717, 1.165) is 22.2 Å². The number of halogens is 1. The van der Waals surface area contributed by atoms with E-state index in [2.05, 4.69) is 60.1 Å². The van der Waals surface area contributed by atoms with Crippen molar-refractivity contribution in [2.24, 2.45) is 0 Å². The molecule has 108 valence electrons. The van der Waals surface area contributed by atoms with Crippen LogP contribution >= 0.6 is 15.9 Å². The van der Waals surface area contributed by atoms with Gasteiger partial charge in [-0.2, -0.15) is 0 Å². The Morgan fingerprint density at radius 2 is 2.19 bits per heavy atom. The molecule has 0 radical (unpaired) electrons. The topological polar surface area (TPSA) is 75.7 Å². The largest absolute Gasteiger partial charge is 0.484 e. The average Bonchev–Trinajstić information content (AvgIpc) is 3.00. The Morgan fingerprint density at radius 3 is 2.95 bits per heavy atom. The van der Waals surface area contributed by atoms with Gasteiger partial charge in [0.1, 0.15) is 12.4 Å². The van der Waals surface area contributed by atoms with Gasteiger partial charge in [-0.1, -0.05) is 18.2 Å². The van der Waals surface area contributed by atoms with E-state index in [1.54, 1.807) is 0 Å². The fraction of sp³-hybridized carbons (Fsp3) is 0.214. The number of rotatable bonds is 5. The minimum absolute atomic E-state index is 0.301. The Bertz CT molecular complexity index is 744. The molecule has 0 aliphatic heterocycles. The molecule has 0 aliphatic rings. The van der Waals surface area contributed by atoms with Crippen molar-refractivity contribution in [3.63, 3.8) is 0 Å². The lowest BCUT2D eigenvalue weighted by atomic mass is 10.1. The lowest BCUT2D eigenvalue weighted by Gasteiger charge is -2.10. The monoisotopic (exact) mass is 347 g/mol. The molecule has 0 fully saturated rings. The molecule has 0 unspecified atom stereocenters. The molecule has 0 amide bonds. The molecule has 7 heteroatoms. The van der Waals surface area contributed by atoms with Crippen molar-refractivity contribution in [2.45, 2.75) is 13.2 Å². The zero-order chi connectivity index (χ0) is 14.7. The van der Waals surface area contributed by atoms with Gasteiger partial charge in [-0.3, -0.25) is 0 Å². The van der Waals surface area contributed by atoms with Gasteiger partial charge in [-0.25, -0.2) is 5.10 Å². The molecular weight excluding hydrogens is 334 g/mol. The second kappa shape index (κ2) is 6.19. The highest BCUT2D eigenvalue weighted by atomic mass is 79.9. The normalized spacial score (nSPS) is 11.0. The zero-order valence-corrected chi connectivity index (χ0v) is 13.0. The maximum atomic E-state index is 5.73. The van der Waals surface area contributed by atoms with Crippen molar-refractivity contribution in [2.75, 3.05) is 7.05 Å². The van der Waals surface area contributed by atoms with Gasteiger partial charge < -0.3 is 10.1 Å². The maximum absolute atomic E-state index is 5.73. The lowest BCUT2D eigenvalue weighted by molar-refractivity contribution is 0.294. The van der Waals surface area contributed by atoms with E-state index in [9.17, 15) is 0 Å². The van der Waals surface area contributed by atoms with E-state index in [4.69, 9.17) is 4.74 Å². The minimum atomic E-state index is 0.301. The summed E-state index contributed by atoms with van der Waals surface area (Å²) >= 11 is 3.61. The molecule has 1 heterocycles. The van der Waals surface area contributed by atoms with E-state index in [-0.39, 0.29) is 0 Å². The number of aromatic amines is 1. The highest BCUT2D eigenvalue weighted by Gasteiger charge is 2.08. The Morgan fingerprint density at radius 1 is 1.29 bits per heavy atom. The lowest BCUT2D eigenvalue weighted by Crippen LogP contribution is -2.04. The van der Waals surface area contributed by atoms with Gasteiger partial charge in [0.05, 0.1) is 4.47 Å². The molecular formula is C14H14BrN5O. The third-order valence-corrected chi connectivity index (χ3v) is 3.94. The van der Waals surface area contributed by atoms with Gasteiger partial charge >= 0.3 is 0 Å². The molecule has 0 bridgehead atoms. The highest BCUT2D eigenvalue weighted by Crippen LogP contribution is 2.33. The van der Waals surface area contributed by atoms with E-state index in [1.165, 1.54) is 10.9 Å². The minimum Gasteiger partial charge on any atom is -0.484 e. The number of tetrazole rings is 1. The number of nitrogens with zero attached hydrogens (tertiary/aromatic N) is 3. The molecule has 2 N–H and O–H groups in total. The van der Waals surface area contributed by atoms with Crippen LogP contribution in [0.5, 0.6) is 5.75 Å². The third kappa shape index (κ3) is 3.03. The second-order valence-electron chi connectivity index (χ2n) is 4.60. The zero-order valence-electron chi connectivity index (χ0n) is 11.4. The number of aromatic nitrogens is 4. The maximum Gasteiger partial charge on any atom is 0.186 e. The number of H-pyrrole nitrogens is 1. The summed E-state index contributed by atoms with van der Waals surface area (Å²) in [4.78, 5) is 0. The standard InChI is InChI=1S/C14H14BrN5O/c1-16-7-9-2-4-11-10(6-9)3-5-12(14(11)15)21-8-13-17-19-20-18-13/h2-6,16H,7-8H2,1H3,(H,17,18,19,20). The van der Waals surface area contributed by atoms with Gasteiger partial charge in [0.2, 0.25) is 0 Å². The van der Waals surface area contributed by atoms with Gasteiger partial charge in [-0.15, -0.1) is 5.10 Å². The van der Waals surface area contributed by atoms with Crippen LogP contribution in [0.2, 0.25) is 0 Å². The smallest absolute Gasteiger partial charge is 0.186 e. The van der Waals surface area contributed by atoms with Crippen molar-refractivity contribution in [1.82, 2.24) is 25.9 Å². The van der Waals surface area contributed by atoms with Crippen LogP contribution < -0.4 is 10.1 Å². The molecule has 1 aromatic heterocycles. The Hall–Kier alpha value is -1.99. The molecule has 6 nitrogen and oxygen atoms in total. The second-order valence-corrected chi connectivity index (χ2v) is 5.39. The number of hydrogen-bond acceptors (Lipinski definition) is 5. The molecule has 0 saturated carbocycles. The fourth-order valence-electron chi connectivity index (χ4n) is 2.13. The fourth-order valence-corrected chi connectivity index (χ4v) is 2.74. The number of benzene rings is 2. The Labute approximate surface area is 130 Å². The summed E-state index contributed by atoms with van der Waals surface area (Å²) in [5, 5.41) is 18.9. The van der Waals surface area contributed by atoms with Crippen LogP contribution in [0.4, 0.5) is 0 Å². The third-order valence-electron chi connectivity index (χ3n) is 3.12. The van der Waals surface area contributed by atoms with Crippen molar-refractivity contribution in [1.29, 1.82) is 0 Å². The first-order valence-corrected chi connectivity index (χ1v) is 7.28. The summed E-state index contributed by atoms with van der Waals surface area (Å²) in [6.07, 6.45) is 0. The summed E-state index contributed by atoms with van der Waals surface area (Å²) in [5.41, 5.74) is 1.25. The molecule has 2 aromatic carbocycles. The summed E-state index contributed by atoms with van der Waals surface area (Å²) in [5.74, 6) is 1.35. The molecule has 21 heavy (non-hydrogen) atoms. The molecule has 0 atom stereocenters. The first-order valence-electron chi connectivity index (χ1n) is 6.49. The van der Waals surface area contributed by atoms with Crippen molar-refractivity contribution < 1.29 is 4.74 Å². The van der Waals surface area contributed by atoms with Crippen LogP contribution in [-0.4, -0.2) is 27.7 Å². The predicted octanol–water partition coefficient (Wildman–Crippen LogP) is 2.41. The van der Waals surface area contributed by atoms with Crippen LogP contribution in [-0.2, 0) is 13.2 Å². The predicted molar refractivity (Wildman–Crippen MR) is 82.9 cm³/mol. The van der Waals surface area contributed by atoms with Gasteiger partial charge in [-0.05, 0) is 61.9 Å². The first kappa shape index (κ1) is 14.0. The van der Waals surface area contributed by atoms with Crippen molar-refractivity contribution >= 4 is 26.7 Å². The van der Waals surface area contributed by atoms with Crippen LogP contribution in [0.25, 0.3) is 10.8 Å². The summed E-state index contributed by atoms with van der Waals surface area (Å²) in [7, 11) is 1.94. The van der Waals surface area contributed by atoms with Gasteiger partial charge in [0.15, 0.2) is 5.82 Å². The van der Waals surface area contributed by atoms with Crippen LogP contribution in [0.1, 0.15) is 11.4 Å². The van der Waals surface area contributed by atoms with Gasteiger partial charge in [0.25, 0.3) is 0 Å². The summed E-state index contributed by atoms with van der Waals surface area (Å²) in [6.45, 7) is 1.15. The average molecular weight is 348 g/mol.